The van der Waals surface area contributed by atoms with Gasteiger partial charge in [0.2, 0.25) is 0 Å². The van der Waals surface area contributed by atoms with Crippen molar-refractivity contribution in [3.05, 3.63) is 26.5 Å². The molecule has 0 rings (SSSR count). The van der Waals surface area contributed by atoms with Gasteiger partial charge in [0.15, 0.2) is 0 Å². The van der Waals surface area contributed by atoms with Crippen LogP contribution in [0.2, 0.25) is 0 Å². The third kappa shape index (κ3) is 53.0. The van der Waals surface area contributed by atoms with Crippen molar-refractivity contribution in [2.75, 3.05) is 0 Å². The SMILES string of the molecule is [CH-]=CCCCCCCCCCC.[CH2-]CCC.[CH2-]CCC.[Mg+2]. The molecule has 0 saturated carbocycles. The van der Waals surface area contributed by atoms with Crippen molar-refractivity contribution in [2.45, 2.75) is 104 Å². The first-order valence-electron chi connectivity index (χ1n) is 8.86. The van der Waals surface area contributed by atoms with Crippen molar-refractivity contribution < 1.29 is 0 Å². The Morgan fingerprint density at radius 2 is 1.00 bits per heavy atom. The van der Waals surface area contributed by atoms with Gasteiger partial charge in [0, 0.05) is 0 Å². The molecular formula is C20H41Mg-. The van der Waals surface area contributed by atoms with Gasteiger partial charge in [-0.15, -0.1) is 0 Å². The summed E-state index contributed by atoms with van der Waals surface area (Å²) in [5.41, 5.74) is 0. The molecule has 0 amide bonds. The van der Waals surface area contributed by atoms with E-state index in [-0.39, 0.29) is 23.1 Å². The largest absolute Gasteiger partial charge is 2.00 e. The van der Waals surface area contributed by atoms with Crippen LogP contribution in [0.3, 0.4) is 0 Å². The molecule has 0 unspecified atom stereocenters. The van der Waals surface area contributed by atoms with Gasteiger partial charge in [0.05, 0.1) is 0 Å². The number of hydrogen-bond acceptors (Lipinski definition) is 0. The summed E-state index contributed by atoms with van der Waals surface area (Å²) < 4.78 is 0. The maximum atomic E-state index is 5.28. The molecule has 0 heterocycles. The third-order valence-corrected chi connectivity index (χ3v) is 2.93. The molecular weight excluding hydrogens is 265 g/mol. The molecule has 0 bridgehead atoms. The molecule has 0 atom stereocenters. The molecule has 0 aliphatic rings. The van der Waals surface area contributed by atoms with Crippen molar-refractivity contribution in [1.82, 2.24) is 0 Å². The van der Waals surface area contributed by atoms with Gasteiger partial charge in [-0.25, -0.2) is 0 Å². The molecule has 0 aromatic rings. The van der Waals surface area contributed by atoms with Gasteiger partial charge >= 0.3 is 23.1 Å². The van der Waals surface area contributed by atoms with E-state index in [0.717, 1.165) is 19.3 Å². The summed E-state index contributed by atoms with van der Waals surface area (Å²) in [5, 5.41) is 0. The minimum atomic E-state index is 0. The summed E-state index contributed by atoms with van der Waals surface area (Å²) in [7, 11) is 0. The van der Waals surface area contributed by atoms with Gasteiger partial charge in [0.25, 0.3) is 0 Å². The van der Waals surface area contributed by atoms with Crippen molar-refractivity contribution in [3.8, 4) is 0 Å². The Morgan fingerprint density at radius 1 is 0.667 bits per heavy atom. The van der Waals surface area contributed by atoms with E-state index in [0.29, 0.717) is 0 Å². The maximum absolute atomic E-state index is 5.28. The fourth-order valence-electron chi connectivity index (χ4n) is 1.40. The van der Waals surface area contributed by atoms with Gasteiger partial charge in [-0.1, -0.05) is 91.4 Å². The van der Waals surface area contributed by atoms with Crippen LogP contribution in [0.5, 0.6) is 0 Å². The normalized spacial score (nSPS) is 8.62. The summed E-state index contributed by atoms with van der Waals surface area (Å²) in [6, 6.07) is 0. The number of allylic oxidation sites excluding steroid dienone is 1. The number of unbranched alkanes of at least 4 members (excludes halogenated alkanes) is 10. The Balaban J connectivity index is -0.000000134. The Kier molecular flexibility index (Phi) is 52.1. The maximum Gasteiger partial charge on any atom is 2.00 e. The minimum absolute atomic E-state index is 0. The molecule has 124 valence electrons. The van der Waals surface area contributed by atoms with E-state index in [4.69, 9.17) is 6.58 Å². The molecule has 21 heavy (non-hydrogen) atoms. The molecule has 0 spiro atoms. The first kappa shape index (κ1) is 29.5. The molecule has 1 heteroatoms. The van der Waals surface area contributed by atoms with Crippen LogP contribution < -0.4 is 0 Å². The second kappa shape index (κ2) is 37.1. The molecule has 0 radical (unpaired) electrons. The second-order valence-corrected chi connectivity index (χ2v) is 5.21. The summed E-state index contributed by atoms with van der Waals surface area (Å²) in [4.78, 5) is 0. The van der Waals surface area contributed by atoms with E-state index in [2.05, 4.69) is 34.6 Å². The molecule has 0 fully saturated rings. The number of rotatable bonds is 11. The van der Waals surface area contributed by atoms with Crippen LogP contribution in [0.15, 0.2) is 6.08 Å². The fraction of sp³-hybridized carbons (Fsp3) is 0.800. The summed E-state index contributed by atoms with van der Waals surface area (Å²) in [5.74, 6) is 0. The van der Waals surface area contributed by atoms with Crippen LogP contribution in [0.4, 0.5) is 0 Å². The molecule has 0 saturated heterocycles. The third-order valence-electron chi connectivity index (χ3n) is 2.93. The standard InChI is InChI=1S/C12H23.2C4H9.Mg/c1-3-5-7-9-11-12-10-8-6-4-2;2*1-3-4-2;/h1,3H,4-12H2,2H3;2*1,3-4H2,2H3;/q3*-1;+2. The monoisotopic (exact) mass is 305 g/mol. The summed E-state index contributed by atoms with van der Waals surface area (Å²) in [6.07, 6.45) is 18.5. The molecule has 0 aromatic carbocycles. The average Bonchev–Trinajstić information content (AvgIpc) is 2.50. The Bertz CT molecular complexity index is 124. The second-order valence-electron chi connectivity index (χ2n) is 5.21. The van der Waals surface area contributed by atoms with Crippen molar-refractivity contribution in [1.29, 1.82) is 0 Å². The molecule has 0 N–H and O–H groups in total. The summed E-state index contributed by atoms with van der Waals surface area (Å²) in [6.45, 7) is 19.0. The number of hydrogen-bond donors (Lipinski definition) is 0. The fourth-order valence-corrected chi connectivity index (χ4v) is 1.40. The molecule has 0 nitrogen and oxygen atoms in total. The van der Waals surface area contributed by atoms with Crippen LogP contribution in [0, 0.1) is 20.4 Å². The molecule has 0 aliphatic carbocycles. The zero-order valence-corrected chi connectivity index (χ0v) is 16.9. The Morgan fingerprint density at radius 3 is 1.29 bits per heavy atom. The van der Waals surface area contributed by atoms with Gasteiger partial charge < -0.3 is 20.4 Å². The van der Waals surface area contributed by atoms with Crippen molar-refractivity contribution in [3.63, 3.8) is 0 Å². The van der Waals surface area contributed by atoms with Gasteiger partial charge in [0.1, 0.15) is 0 Å². The van der Waals surface area contributed by atoms with E-state index < -0.39 is 0 Å². The van der Waals surface area contributed by atoms with Crippen LogP contribution in [-0.4, -0.2) is 23.1 Å². The van der Waals surface area contributed by atoms with Crippen LogP contribution >= 0.6 is 0 Å². The Hall–Kier alpha value is 0.506. The molecule has 0 aromatic heterocycles. The van der Waals surface area contributed by atoms with Crippen molar-refractivity contribution >= 4 is 23.1 Å². The van der Waals surface area contributed by atoms with Gasteiger partial charge in [-0.05, 0) is 0 Å². The quantitative estimate of drug-likeness (QED) is 0.212. The smallest absolute Gasteiger partial charge is 0.518 e. The van der Waals surface area contributed by atoms with Crippen molar-refractivity contribution in [2.24, 2.45) is 0 Å². The summed E-state index contributed by atoms with van der Waals surface area (Å²) >= 11 is 0. The Labute approximate surface area is 153 Å². The van der Waals surface area contributed by atoms with Crippen LogP contribution in [0.1, 0.15) is 104 Å². The molecule has 0 aliphatic heterocycles. The van der Waals surface area contributed by atoms with Crippen LogP contribution in [-0.2, 0) is 0 Å². The van der Waals surface area contributed by atoms with E-state index in [1.165, 1.54) is 64.2 Å². The predicted octanol–water partition coefficient (Wildman–Crippen LogP) is 7.37. The van der Waals surface area contributed by atoms with Gasteiger partial charge in [-0.2, -0.15) is 12.8 Å². The minimum Gasteiger partial charge on any atom is -0.518 e. The average molecular weight is 306 g/mol. The van der Waals surface area contributed by atoms with E-state index >= 15 is 0 Å². The predicted molar refractivity (Wildman–Crippen MR) is 102 cm³/mol. The zero-order valence-electron chi connectivity index (χ0n) is 15.5. The van der Waals surface area contributed by atoms with Crippen LogP contribution in [0.25, 0.3) is 0 Å². The first-order valence-corrected chi connectivity index (χ1v) is 8.86. The topological polar surface area (TPSA) is 0 Å². The van der Waals surface area contributed by atoms with E-state index in [1.54, 1.807) is 6.08 Å². The van der Waals surface area contributed by atoms with E-state index in [9.17, 15) is 0 Å². The van der Waals surface area contributed by atoms with E-state index in [1.807, 2.05) is 0 Å². The first-order chi connectivity index (χ1) is 9.74. The van der Waals surface area contributed by atoms with Gasteiger partial charge in [-0.3, -0.25) is 6.08 Å². The zero-order chi connectivity index (χ0) is 15.9.